The van der Waals surface area contributed by atoms with Crippen LogP contribution in [0.3, 0.4) is 0 Å². The summed E-state index contributed by atoms with van der Waals surface area (Å²) in [5.74, 6) is 6.41. The number of phenolic OH excluding ortho intramolecular Hbond substituents is 1. The van der Waals surface area contributed by atoms with Crippen molar-refractivity contribution in [2.24, 2.45) is 5.73 Å². The van der Waals surface area contributed by atoms with Gasteiger partial charge in [-0.3, -0.25) is 4.90 Å². The number of aliphatic hydroxyl groups excluding tert-OH is 1. The molecule has 0 aliphatic rings. The molecule has 4 rings (SSSR count). The second-order valence-corrected chi connectivity index (χ2v) is 7.72. The average molecular weight is 445 g/mol. The Kier molecular flexibility index (Phi) is 6.24. The molecule has 0 fully saturated rings. The Morgan fingerprint density at radius 1 is 1.03 bits per heavy atom. The number of anilines is 3. The molecule has 0 amide bonds. The number of phenols is 1. The molecule has 3 aromatic carbocycles. The molecule has 0 aliphatic heterocycles. The first-order valence-electron chi connectivity index (χ1n) is 9.97. The van der Waals surface area contributed by atoms with Crippen LogP contribution in [0, 0.1) is 11.8 Å². The Balaban J connectivity index is 1.92. The molecule has 0 radical (unpaired) electrons. The van der Waals surface area contributed by atoms with E-state index in [1.165, 1.54) is 12.4 Å². The molecular weight excluding hydrogens is 424 g/mol. The summed E-state index contributed by atoms with van der Waals surface area (Å²) in [6.45, 7) is 1.70. The summed E-state index contributed by atoms with van der Waals surface area (Å²) in [4.78, 5) is 10.9. The van der Waals surface area contributed by atoms with Gasteiger partial charge in [0.1, 0.15) is 24.0 Å². The standard InChI is InChI=1S/C25H21ClN4O2/c1-16(27)24(32)12-8-17-7-10-22-20(13-17)25(29-15-28-22)30(18-5-3-2-4-6-18)23-11-9-19(31)14-21(23)26/h2-7,9-11,13-16,24,31-32H,27H2,1H3. The summed E-state index contributed by atoms with van der Waals surface area (Å²) < 4.78 is 0. The number of fused-ring (bicyclic) bond motifs is 1. The number of aromatic hydroxyl groups is 1. The molecule has 0 bridgehead atoms. The van der Waals surface area contributed by atoms with E-state index in [4.69, 9.17) is 17.3 Å². The zero-order valence-electron chi connectivity index (χ0n) is 17.3. The molecule has 2 unspecified atom stereocenters. The molecule has 1 heterocycles. The van der Waals surface area contributed by atoms with E-state index < -0.39 is 12.1 Å². The second kappa shape index (κ2) is 9.25. The molecule has 7 heteroatoms. The lowest BCUT2D eigenvalue weighted by Gasteiger charge is -2.26. The minimum absolute atomic E-state index is 0.0737. The van der Waals surface area contributed by atoms with Gasteiger partial charge in [-0.25, -0.2) is 9.97 Å². The molecule has 4 N–H and O–H groups in total. The van der Waals surface area contributed by atoms with Crippen LogP contribution >= 0.6 is 11.6 Å². The predicted octanol–water partition coefficient (Wildman–Crippen LogP) is 4.52. The Labute approximate surface area is 190 Å². The van der Waals surface area contributed by atoms with Crippen LogP contribution in [0.2, 0.25) is 5.02 Å². The van der Waals surface area contributed by atoms with Crippen molar-refractivity contribution < 1.29 is 10.2 Å². The molecule has 2 atom stereocenters. The van der Waals surface area contributed by atoms with E-state index >= 15 is 0 Å². The number of nitrogens with two attached hydrogens (primary N) is 1. The van der Waals surface area contributed by atoms with E-state index in [9.17, 15) is 10.2 Å². The Morgan fingerprint density at radius 3 is 2.53 bits per heavy atom. The van der Waals surface area contributed by atoms with Crippen LogP contribution in [-0.4, -0.2) is 32.3 Å². The second-order valence-electron chi connectivity index (χ2n) is 7.31. The smallest absolute Gasteiger partial charge is 0.148 e. The molecule has 0 spiro atoms. The number of hydrogen-bond acceptors (Lipinski definition) is 6. The summed E-state index contributed by atoms with van der Waals surface area (Å²) in [5.41, 5.74) is 8.61. The molecule has 32 heavy (non-hydrogen) atoms. The van der Waals surface area contributed by atoms with Crippen molar-refractivity contribution in [3.05, 3.63) is 83.6 Å². The van der Waals surface area contributed by atoms with Crippen molar-refractivity contribution in [1.29, 1.82) is 0 Å². The number of hydrogen-bond donors (Lipinski definition) is 3. The van der Waals surface area contributed by atoms with Crippen LogP contribution in [0.1, 0.15) is 12.5 Å². The van der Waals surface area contributed by atoms with Gasteiger partial charge in [0, 0.05) is 28.7 Å². The number of para-hydroxylation sites is 1. The summed E-state index contributed by atoms with van der Waals surface area (Å²) in [7, 11) is 0. The first kappa shape index (κ1) is 21.6. The van der Waals surface area contributed by atoms with Crippen molar-refractivity contribution in [2.45, 2.75) is 19.1 Å². The van der Waals surface area contributed by atoms with E-state index in [2.05, 4.69) is 21.8 Å². The van der Waals surface area contributed by atoms with Crippen LogP contribution in [0.15, 0.2) is 73.1 Å². The lowest BCUT2D eigenvalue weighted by atomic mass is 10.1. The average Bonchev–Trinajstić information content (AvgIpc) is 2.79. The molecular formula is C25H21ClN4O2. The zero-order valence-corrected chi connectivity index (χ0v) is 18.0. The maximum Gasteiger partial charge on any atom is 0.148 e. The summed E-state index contributed by atoms with van der Waals surface area (Å²) in [6, 6.07) is 19.6. The van der Waals surface area contributed by atoms with Crippen LogP contribution in [-0.2, 0) is 0 Å². The molecule has 0 aliphatic carbocycles. The quantitative estimate of drug-likeness (QED) is 0.400. The van der Waals surface area contributed by atoms with Crippen LogP contribution in [0.25, 0.3) is 10.9 Å². The van der Waals surface area contributed by atoms with Gasteiger partial charge in [-0.15, -0.1) is 0 Å². The van der Waals surface area contributed by atoms with Gasteiger partial charge in [-0.05, 0) is 49.4 Å². The molecule has 0 saturated heterocycles. The summed E-state index contributed by atoms with van der Waals surface area (Å²) in [6.07, 6.45) is 0.571. The SMILES string of the molecule is CC(N)C(O)C#Cc1ccc2ncnc(N(c3ccccc3)c3ccc(O)cc3Cl)c2c1. The van der Waals surface area contributed by atoms with Crippen molar-refractivity contribution in [3.8, 4) is 17.6 Å². The lowest BCUT2D eigenvalue weighted by molar-refractivity contribution is 0.207. The molecule has 160 valence electrons. The van der Waals surface area contributed by atoms with Crippen LogP contribution < -0.4 is 10.6 Å². The highest BCUT2D eigenvalue weighted by Crippen LogP contribution is 2.41. The zero-order chi connectivity index (χ0) is 22.7. The molecule has 4 aromatic rings. The maximum absolute atomic E-state index is 9.93. The van der Waals surface area contributed by atoms with E-state index in [-0.39, 0.29) is 5.75 Å². The number of halogens is 1. The van der Waals surface area contributed by atoms with E-state index in [1.54, 1.807) is 19.1 Å². The first-order valence-corrected chi connectivity index (χ1v) is 10.4. The van der Waals surface area contributed by atoms with Crippen molar-refractivity contribution in [2.75, 3.05) is 4.90 Å². The Hall–Kier alpha value is -3.63. The largest absolute Gasteiger partial charge is 0.508 e. The molecule has 1 aromatic heterocycles. The highest BCUT2D eigenvalue weighted by Gasteiger charge is 2.19. The first-order chi connectivity index (χ1) is 15.4. The summed E-state index contributed by atoms with van der Waals surface area (Å²) in [5, 5.41) is 20.9. The number of aliphatic hydroxyl groups is 1. The topological polar surface area (TPSA) is 95.5 Å². The van der Waals surface area contributed by atoms with Gasteiger partial charge in [0.05, 0.1) is 16.2 Å². The molecule has 6 nitrogen and oxygen atoms in total. The third-order valence-electron chi connectivity index (χ3n) is 4.88. The fourth-order valence-electron chi connectivity index (χ4n) is 3.22. The predicted molar refractivity (Wildman–Crippen MR) is 127 cm³/mol. The Bertz CT molecular complexity index is 1320. The van der Waals surface area contributed by atoms with Crippen molar-refractivity contribution in [3.63, 3.8) is 0 Å². The van der Waals surface area contributed by atoms with Gasteiger partial charge >= 0.3 is 0 Å². The molecule has 0 saturated carbocycles. The van der Waals surface area contributed by atoms with Gasteiger partial charge < -0.3 is 15.9 Å². The van der Waals surface area contributed by atoms with Crippen molar-refractivity contribution >= 4 is 39.7 Å². The van der Waals surface area contributed by atoms with Crippen LogP contribution in [0.5, 0.6) is 5.75 Å². The van der Waals surface area contributed by atoms with E-state index in [1.807, 2.05) is 53.4 Å². The highest BCUT2D eigenvalue weighted by molar-refractivity contribution is 6.33. The number of nitrogens with zero attached hydrogens (tertiary/aromatic N) is 3. The minimum Gasteiger partial charge on any atom is -0.508 e. The maximum atomic E-state index is 9.93. The van der Waals surface area contributed by atoms with Gasteiger partial charge in [0.25, 0.3) is 0 Å². The van der Waals surface area contributed by atoms with E-state index in [0.29, 0.717) is 22.1 Å². The summed E-state index contributed by atoms with van der Waals surface area (Å²) >= 11 is 6.51. The fraction of sp³-hybridized carbons (Fsp3) is 0.120. The number of benzene rings is 3. The van der Waals surface area contributed by atoms with Gasteiger partial charge in [0.2, 0.25) is 0 Å². The lowest BCUT2D eigenvalue weighted by Crippen LogP contribution is -2.29. The fourth-order valence-corrected chi connectivity index (χ4v) is 3.48. The third kappa shape index (κ3) is 4.51. The van der Waals surface area contributed by atoms with Gasteiger partial charge in [0.15, 0.2) is 0 Å². The van der Waals surface area contributed by atoms with Crippen LogP contribution in [0.4, 0.5) is 17.2 Å². The highest BCUT2D eigenvalue weighted by atomic mass is 35.5. The van der Waals surface area contributed by atoms with Gasteiger partial charge in [-0.1, -0.05) is 41.6 Å². The number of aromatic nitrogens is 2. The number of rotatable bonds is 4. The Morgan fingerprint density at radius 2 is 1.81 bits per heavy atom. The van der Waals surface area contributed by atoms with Crippen molar-refractivity contribution in [1.82, 2.24) is 9.97 Å². The van der Waals surface area contributed by atoms with E-state index in [0.717, 1.165) is 16.6 Å². The monoisotopic (exact) mass is 444 g/mol. The normalized spacial score (nSPS) is 12.6. The minimum atomic E-state index is -0.922. The third-order valence-corrected chi connectivity index (χ3v) is 5.18. The van der Waals surface area contributed by atoms with Gasteiger partial charge in [-0.2, -0.15) is 0 Å².